The largest absolute Gasteiger partial charge is 0.459 e. The van der Waals surface area contributed by atoms with Gasteiger partial charge in [0.2, 0.25) is 0 Å². The Morgan fingerprint density at radius 3 is 2.85 bits per heavy atom. The molecule has 0 aromatic carbocycles. The molecule has 0 aliphatic carbocycles. The van der Waals surface area contributed by atoms with Crippen LogP contribution >= 0.6 is 11.6 Å². The maximum absolute atomic E-state index is 13.0. The molecule has 1 rings (SSSR count). The highest BCUT2D eigenvalue weighted by atomic mass is 35.5. The van der Waals surface area contributed by atoms with Crippen LogP contribution in [0.3, 0.4) is 0 Å². The summed E-state index contributed by atoms with van der Waals surface area (Å²) in [5.41, 5.74) is 0. The van der Waals surface area contributed by atoms with Crippen molar-refractivity contribution in [2.45, 2.75) is 0 Å². The summed E-state index contributed by atoms with van der Waals surface area (Å²) in [5, 5.41) is 0.259. The molecule has 0 N–H and O–H groups in total. The molecule has 5 heteroatoms. The Balaban J connectivity index is 2.67. The van der Waals surface area contributed by atoms with E-state index in [-0.39, 0.29) is 17.6 Å². The molecule has 1 aromatic heterocycles. The molecule has 0 bridgehead atoms. The van der Waals surface area contributed by atoms with E-state index in [1.54, 1.807) is 4.90 Å². The van der Waals surface area contributed by atoms with Crippen LogP contribution in [0.4, 0.5) is 4.39 Å². The van der Waals surface area contributed by atoms with E-state index in [1.807, 2.05) is 14.1 Å². The summed E-state index contributed by atoms with van der Waals surface area (Å²) in [6.07, 6.45) is 1.34. The molecule has 0 spiro atoms. The third-order valence-corrected chi connectivity index (χ3v) is 1.44. The van der Waals surface area contributed by atoms with Gasteiger partial charge in [0.1, 0.15) is 6.73 Å². The fraction of sp³-hybridized carbons (Fsp3) is 0.375. The van der Waals surface area contributed by atoms with Crippen LogP contribution in [0.25, 0.3) is 0 Å². The molecule has 72 valence electrons. The molecule has 0 aliphatic heterocycles. The highest BCUT2D eigenvalue weighted by Gasteiger charge is 2.05. The third-order valence-electron chi connectivity index (χ3n) is 1.23. The Kier molecular flexibility index (Phi) is 3.45. The van der Waals surface area contributed by atoms with Gasteiger partial charge in [-0.05, 0) is 20.2 Å². The van der Waals surface area contributed by atoms with Crippen molar-refractivity contribution in [3.8, 4) is 5.88 Å². The molecule has 1 heterocycles. The van der Waals surface area contributed by atoms with Crippen LogP contribution in [0.1, 0.15) is 0 Å². The minimum atomic E-state index is -0.547. The molecule has 0 atom stereocenters. The summed E-state index contributed by atoms with van der Waals surface area (Å²) < 4.78 is 18.0. The quantitative estimate of drug-likeness (QED) is 0.702. The second-order valence-corrected chi connectivity index (χ2v) is 3.23. The van der Waals surface area contributed by atoms with Gasteiger partial charge >= 0.3 is 0 Å². The van der Waals surface area contributed by atoms with Crippen LogP contribution in [0, 0.1) is 5.82 Å². The Hall–Kier alpha value is -0.870. The third kappa shape index (κ3) is 3.16. The predicted molar refractivity (Wildman–Crippen MR) is 48.4 cm³/mol. The van der Waals surface area contributed by atoms with E-state index in [0.717, 1.165) is 0 Å². The fourth-order valence-electron chi connectivity index (χ4n) is 0.698. The van der Waals surface area contributed by atoms with Crippen molar-refractivity contribution in [1.29, 1.82) is 0 Å². The minimum Gasteiger partial charge on any atom is -0.459 e. The Bertz CT molecular complexity index is 293. The van der Waals surface area contributed by atoms with Crippen LogP contribution in [-0.2, 0) is 0 Å². The van der Waals surface area contributed by atoms with Gasteiger partial charge in [-0.3, -0.25) is 4.90 Å². The molecular weight excluding hydrogens is 195 g/mol. The highest BCUT2D eigenvalue weighted by Crippen LogP contribution is 2.17. The van der Waals surface area contributed by atoms with Gasteiger partial charge in [0.05, 0.1) is 5.02 Å². The van der Waals surface area contributed by atoms with Crippen molar-refractivity contribution < 1.29 is 9.13 Å². The smallest absolute Gasteiger partial charge is 0.251 e. The van der Waals surface area contributed by atoms with Crippen LogP contribution < -0.4 is 4.74 Å². The van der Waals surface area contributed by atoms with Crippen LogP contribution in [-0.4, -0.2) is 30.7 Å². The van der Waals surface area contributed by atoms with Gasteiger partial charge in [0.15, 0.2) is 5.82 Å². The topological polar surface area (TPSA) is 25.4 Å². The first-order valence-corrected chi connectivity index (χ1v) is 4.06. The summed E-state index contributed by atoms with van der Waals surface area (Å²) in [4.78, 5) is 5.45. The van der Waals surface area contributed by atoms with Crippen LogP contribution in [0.15, 0.2) is 12.3 Å². The summed E-state index contributed by atoms with van der Waals surface area (Å²) in [6.45, 7) is 0.283. The van der Waals surface area contributed by atoms with Crippen molar-refractivity contribution in [2.24, 2.45) is 0 Å². The standard InChI is InChI=1S/C8H10ClFN2O/c1-12(2)5-13-8-7(10)3-6(9)4-11-8/h3-4H,5H2,1-2H3. The van der Waals surface area contributed by atoms with Gasteiger partial charge in [-0.1, -0.05) is 11.6 Å². The Labute approximate surface area is 81.1 Å². The van der Waals surface area contributed by atoms with E-state index >= 15 is 0 Å². The zero-order valence-corrected chi connectivity index (χ0v) is 8.18. The fourth-order valence-corrected chi connectivity index (χ4v) is 0.843. The average Bonchev–Trinajstić information content (AvgIpc) is 2.02. The molecule has 0 fully saturated rings. The van der Waals surface area contributed by atoms with Crippen molar-refractivity contribution in [2.75, 3.05) is 20.8 Å². The molecule has 0 aliphatic rings. The van der Waals surface area contributed by atoms with Crippen molar-refractivity contribution >= 4 is 11.6 Å². The van der Waals surface area contributed by atoms with E-state index in [1.165, 1.54) is 12.3 Å². The van der Waals surface area contributed by atoms with Gasteiger partial charge in [0, 0.05) is 6.20 Å². The first-order chi connectivity index (χ1) is 6.09. The monoisotopic (exact) mass is 204 g/mol. The molecule has 0 saturated carbocycles. The first kappa shape index (κ1) is 10.2. The van der Waals surface area contributed by atoms with E-state index in [4.69, 9.17) is 16.3 Å². The van der Waals surface area contributed by atoms with Crippen molar-refractivity contribution in [1.82, 2.24) is 9.88 Å². The van der Waals surface area contributed by atoms with Crippen molar-refractivity contribution in [3.05, 3.63) is 23.1 Å². The zero-order chi connectivity index (χ0) is 9.84. The zero-order valence-electron chi connectivity index (χ0n) is 7.42. The van der Waals surface area contributed by atoms with Gasteiger partial charge in [-0.2, -0.15) is 0 Å². The number of ether oxygens (including phenoxy) is 1. The molecule has 0 radical (unpaired) electrons. The maximum Gasteiger partial charge on any atom is 0.251 e. The molecule has 0 amide bonds. The van der Waals surface area contributed by atoms with Gasteiger partial charge in [0.25, 0.3) is 5.88 Å². The SMILES string of the molecule is CN(C)COc1ncc(Cl)cc1F. The molecule has 0 unspecified atom stereocenters. The van der Waals surface area contributed by atoms with E-state index < -0.39 is 5.82 Å². The van der Waals surface area contributed by atoms with Crippen molar-refractivity contribution in [3.63, 3.8) is 0 Å². The molecule has 1 aromatic rings. The minimum absolute atomic E-state index is 0.0295. The second-order valence-electron chi connectivity index (χ2n) is 2.79. The molecule has 3 nitrogen and oxygen atoms in total. The molecular formula is C8H10ClFN2O. The number of aromatic nitrogens is 1. The number of nitrogens with zero attached hydrogens (tertiary/aromatic N) is 2. The summed E-state index contributed by atoms with van der Waals surface area (Å²) in [6, 6.07) is 1.17. The number of hydrogen-bond donors (Lipinski definition) is 0. The number of rotatable bonds is 3. The maximum atomic E-state index is 13.0. The Morgan fingerprint density at radius 2 is 2.31 bits per heavy atom. The summed E-state index contributed by atoms with van der Waals surface area (Å²) in [7, 11) is 3.63. The predicted octanol–water partition coefficient (Wildman–Crippen LogP) is 1.77. The van der Waals surface area contributed by atoms with E-state index in [2.05, 4.69) is 4.98 Å². The molecule has 0 saturated heterocycles. The van der Waals surface area contributed by atoms with Gasteiger partial charge in [-0.25, -0.2) is 9.37 Å². The second kappa shape index (κ2) is 4.39. The summed E-state index contributed by atoms with van der Waals surface area (Å²) >= 11 is 5.51. The molecule has 13 heavy (non-hydrogen) atoms. The number of halogens is 2. The average molecular weight is 205 g/mol. The van der Waals surface area contributed by atoms with Crippen LogP contribution in [0.2, 0.25) is 5.02 Å². The Morgan fingerprint density at radius 1 is 1.62 bits per heavy atom. The van der Waals surface area contributed by atoms with Gasteiger partial charge < -0.3 is 4.74 Å². The van der Waals surface area contributed by atoms with E-state index in [0.29, 0.717) is 0 Å². The lowest BCUT2D eigenvalue weighted by Gasteiger charge is -2.10. The summed E-state index contributed by atoms with van der Waals surface area (Å²) in [5.74, 6) is -0.576. The highest BCUT2D eigenvalue weighted by molar-refractivity contribution is 6.30. The van der Waals surface area contributed by atoms with E-state index in [9.17, 15) is 4.39 Å². The number of hydrogen-bond acceptors (Lipinski definition) is 3. The lowest BCUT2D eigenvalue weighted by Crippen LogP contribution is -2.19. The lowest BCUT2D eigenvalue weighted by molar-refractivity contribution is 0.166. The normalized spacial score (nSPS) is 10.5. The number of pyridine rings is 1. The lowest BCUT2D eigenvalue weighted by atomic mass is 10.5. The first-order valence-electron chi connectivity index (χ1n) is 3.68. The van der Waals surface area contributed by atoms with Gasteiger partial charge in [-0.15, -0.1) is 0 Å². The van der Waals surface area contributed by atoms with Crippen LogP contribution in [0.5, 0.6) is 5.88 Å².